The van der Waals surface area contributed by atoms with Crippen molar-refractivity contribution in [1.82, 2.24) is 10.2 Å². The molecule has 1 saturated heterocycles. The largest absolute Gasteiger partial charge is 0.548 e. The van der Waals surface area contributed by atoms with Crippen molar-refractivity contribution in [2.75, 3.05) is 6.54 Å². The Morgan fingerprint density at radius 3 is 2.70 bits per heavy atom. The van der Waals surface area contributed by atoms with Gasteiger partial charge in [-0.25, -0.2) is 4.79 Å². The summed E-state index contributed by atoms with van der Waals surface area (Å²) in [5.74, 6) is -1.87. The lowest BCUT2D eigenvalue weighted by atomic mass is 10.2. The van der Waals surface area contributed by atoms with Gasteiger partial charge in [-0.2, -0.15) is 0 Å². The Labute approximate surface area is 134 Å². The number of aliphatic carboxylic acids is 1. The SMILES string of the molecule is C[C@H](NC(=O)[C@@H]1CCCN1C(=O)OCc1ccccc1)C(=O)[O-]. The summed E-state index contributed by atoms with van der Waals surface area (Å²) in [5.41, 5.74) is 0.853. The molecule has 1 aromatic carbocycles. The Morgan fingerprint density at radius 2 is 2.04 bits per heavy atom. The zero-order valence-electron chi connectivity index (χ0n) is 12.9. The smallest absolute Gasteiger partial charge is 0.410 e. The van der Waals surface area contributed by atoms with E-state index in [1.807, 2.05) is 30.3 Å². The molecular formula is C16H19N2O5-. The highest BCUT2D eigenvalue weighted by molar-refractivity contribution is 5.89. The Morgan fingerprint density at radius 1 is 1.35 bits per heavy atom. The lowest BCUT2D eigenvalue weighted by Gasteiger charge is -2.25. The van der Waals surface area contributed by atoms with Gasteiger partial charge in [0.05, 0.1) is 12.0 Å². The summed E-state index contributed by atoms with van der Waals surface area (Å²) >= 11 is 0. The second kappa shape index (κ2) is 7.62. The third kappa shape index (κ3) is 4.45. The molecule has 0 spiro atoms. The molecule has 0 unspecified atom stereocenters. The number of carbonyl (C=O) groups is 3. The Hall–Kier alpha value is -2.57. The van der Waals surface area contributed by atoms with Gasteiger partial charge < -0.3 is 20.0 Å². The fourth-order valence-electron chi connectivity index (χ4n) is 2.43. The van der Waals surface area contributed by atoms with Crippen molar-refractivity contribution >= 4 is 18.0 Å². The van der Waals surface area contributed by atoms with Gasteiger partial charge in [-0.3, -0.25) is 9.69 Å². The molecule has 0 aromatic heterocycles. The van der Waals surface area contributed by atoms with Crippen LogP contribution in [0.3, 0.4) is 0 Å². The lowest BCUT2D eigenvalue weighted by Crippen LogP contribution is -2.52. The molecule has 2 rings (SSSR count). The number of amides is 2. The number of rotatable bonds is 5. The quantitative estimate of drug-likeness (QED) is 0.826. The van der Waals surface area contributed by atoms with Gasteiger partial charge in [-0.05, 0) is 25.3 Å². The highest BCUT2D eigenvalue weighted by atomic mass is 16.6. The Bertz CT molecular complexity index is 575. The molecule has 0 aliphatic carbocycles. The van der Waals surface area contributed by atoms with Crippen LogP contribution >= 0.6 is 0 Å². The van der Waals surface area contributed by atoms with Gasteiger partial charge in [-0.1, -0.05) is 30.3 Å². The average molecular weight is 319 g/mol. The monoisotopic (exact) mass is 319 g/mol. The lowest BCUT2D eigenvalue weighted by molar-refractivity contribution is -0.307. The average Bonchev–Trinajstić information content (AvgIpc) is 3.03. The van der Waals surface area contributed by atoms with Crippen LogP contribution in [0, 0.1) is 0 Å². The molecule has 2 amide bonds. The van der Waals surface area contributed by atoms with Crippen molar-refractivity contribution in [3.05, 3.63) is 35.9 Å². The van der Waals surface area contributed by atoms with Crippen molar-refractivity contribution in [2.45, 2.75) is 38.5 Å². The molecule has 1 heterocycles. The van der Waals surface area contributed by atoms with Crippen LogP contribution in [0.1, 0.15) is 25.3 Å². The first kappa shape index (κ1) is 16.8. The summed E-state index contributed by atoms with van der Waals surface area (Å²) in [6.07, 6.45) is 0.567. The summed E-state index contributed by atoms with van der Waals surface area (Å²) in [6, 6.07) is 7.41. The number of hydrogen-bond acceptors (Lipinski definition) is 5. The molecule has 0 radical (unpaired) electrons. The van der Waals surface area contributed by atoms with E-state index in [2.05, 4.69) is 5.32 Å². The minimum Gasteiger partial charge on any atom is -0.548 e. The number of carboxylic acid groups (broad SMARTS) is 1. The summed E-state index contributed by atoms with van der Waals surface area (Å²) in [5, 5.41) is 13.0. The van der Waals surface area contributed by atoms with E-state index in [0.717, 1.165) is 5.56 Å². The molecular weight excluding hydrogens is 300 g/mol. The van der Waals surface area contributed by atoms with Crippen LogP contribution in [0.15, 0.2) is 30.3 Å². The number of likely N-dealkylation sites (tertiary alicyclic amines) is 1. The van der Waals surface area contributed by atoms with E-state index in [0.29, 0.717) is 19.4 Å². The molecule has 0 saturated carbocycles. The van der Waals surface area contributed by atoms with Crippen LogP contribution < -0.4 is 10.4 Å². The van der Waals surface area contributed by atoms with E-state index in [1.165, 1.54) is 11.8 Å². The van der Waals surface area contributed by atoms with E-state index < -0.39 is 30.1 Å². The molecule has 0 bridgehead atoms. The highest BCUT2D eigenvalue weighted by Crippen LogP contribution is 2.19. The Balaban J connectivity index is 1.91. The van der Waals surface area contributed by atoms with Crippen LogP contribution in [0.25, 0.3) is 0 Å². The van der Waals surface area contributed by atoms with Gasteiger partial charge >= 0.3 is 6.09 Å². The predicted octanol–water partition coefficient (Wildman–Crippen LogP) is 0.0422. The minimum absolute atomic E-state index is 0.125. The van der Waals surface area contributed by atoms with Gasteiger partial charge in [0.15, 0.2) is 0 Å². The zero-order chi connectivity index (χ0) is 16.8. The maximum absolute atomic E-state index is 12.1. The minimum atomic E-state index is -1.37. The molecule has 7 nitrogen and oxygen atoms in total. The normalized spacial score (nSPS) is 18.3. The van der Waals surface area contributed by atoms with Crippen LogP contribution in [-0.4, -0.2) is 41.5 Å². The van der Waals surface area contributed by atoms with E-state index in [4.69, 9.17) is 4.74 Å². The van der Waals surface area contributed by atoms with Crippen LogP contribution in [0.5, 0.6) is 0 Å². The Kier molecular flexibility index (Phi) is 5.56. The standard InChI is InChI=1S/C16H20N2O5/c1-11(15(20)21)17-14(19)13-8-5-9-18(13)16(22)23-10-12-6-3-2-4-7-12/h2-4,6-7,11,13H,5,8-10H2,1H3,(H,17,19)(H,20,21)/p-1/t11-,13-/m0/s1. The maximum Gasteiger partial charge on any atom is 0.410 e. The first-order valence-electron chi connectivity index (χ1n) is 7.47. The third-order valence-electron chi connectivity index (χ3n) is 3.71. The van der Waals surface area contributed by atoms with E-state index in [-0.39, 0.29) is 6.61 Å². The van der Waals surface area contributed by atoms with E-state index in [1.54, 1.807) is 0 Å². The molecule has 1 aliphatic rings. The van der Waals surface area contributed by atoms with Gasteiger partial charge in [0.25, 0.3) is 0 Å². The highest BCUT2D eigenvalue weighted by Gasteiger charge is 2.35. The number of benzene rings is 1. The first-order chi connectivity index (χ1) is 11.0. The summed E-state index contributed by atoms with van der Waals surface area (Å²) in [7, 11) is 0. The number of ether oxygens (including phenoxy) is 1. The summed E-state index contributed by atoms with van der Waals surface area (Å²) in [4.78, 5) is 36.3. The predicted molar refractivity (Wildman–Crippen MR) is 79.0 cm³/mol. The van der Waals surface area contributed by atoms with Gasteiger partial charge in [0.2, 0.25) is 5.91 Å². The van der Waals surface area contributed by atoms with Gasteiger partial charge in [-0.15, -0.1) is 0 Å². The fourth-order valence-corrected chi connectivity index (χ4v) is 2.43. The number of nitrogens with one attached hydrogen (secondary N) is 1. The molecule has 1 N–H and O–H groups in total. The molecule has 124 valence electrons. The van der Waals surface area contributed by atoms with Gasteiger partial charge in [0, 0.05) is 6.54 Å². The second-order valence-corrected chi connectivity index (χ2v) is 5.44. The number of carboxylic acids is 1. The van der Waals surface area contributed by atoms with Crippen LogP contribution in [0.2, 0.25) is 0 Å². The zero-order valence-corrected chi connectivity index (χ0v) is 12.9. The second-order valence-electron chi connectivity index (χ2n) is 5.44. The summed E-state index contributed by atoms with van der Waals surface area (Å²) in [6.45, 7) is 1.85. The van der Waals surface area contributed by atoms with Crippen LogP contribution in [-0.2, 0) is 20.9 Å². The number of hydrogen-bond donors (Lipinski definition) is 1. The fraction of sp³-hybridized carbons (Fsp3) is 0.438. The van der Waals surface area contributed by atoms with Crippen molar-refractivity contribution < 1.29 is 24.2 Å². The first-order valence-corrected chi connectivity index (χ1v) is 7.47. The van der Waals surface area contributed by atoms with Crippen molar-refractivity contribution in [1.29, 1.82) is 0 Å². The molecule has 23 heavy (non-hydrogen) atoms. The van der Waals surface area contributed by atoms with E-state index >= 15 is 0 Å². The van der Waals surface area contributed by atoms with Crippen molar-refractivity contribution in [3.8, 4) is 0 Å². The molecule has 1 aromatic rings. The number of nitrogens with zero attached hydrogens (tertiary/aromatic N) is 1. The molecule has 2 atom stereocenters. The van der Waals surface area contributed by atoms with Crippen LogP contribution in [0.4, 0.5) is 4.79 Å². The maximum atomic E-state index is 12.1. The summed E-state index contributed by atoms with van der Waals surface area (Å²) < 4.78 is 5.22. The third-order valence-corrected chi connectivity index (χ3v) is 3.71. The van der Waals surface area contributed by atoms with Gasteiger partial charge in [0.1, 0.15) is 12.6 Å². The number of carbonyl (C=O) groups excluding carboxylic acids is 3. The molecule has 7 heteroatoms. The molecule has 1 aliphatic heterocycles. The van der Waals surface area contributed by atoms with Crippen molar-refractivity contribution in [3.63, 3.8) is 0 Å². The van der Waals surface area contributed by atoms with Crippen molar-refractivity contribution in [2.24, 2.45) is 0 Å². The van der Waals surface area contributed by atoms with E-state index in [9.17, 15) is 19.5 Å². The molecule has 1 fully saturated rings. The topological polar surface area (TPSA) is 98.8 Å².